The minimum absolute atomic E-state index is 0.0137. The van der Waals surface area contributed by atoms with Gasteiger partial charge in [-0.2, -0.15) is 8.42 Å². The first-order valence-electron chi connectivity index (χ1n) is 16.4. The topological polar surface area (TPSA) is 107 Å². The maximum absolute atomic E-state index is 14.3. The number of carbonyl (C=O) groups is 2. The van der Waals surface area contributed by atoms with Crippen LogP contribution in [0, 0.1) is 0 Å². The highest BCUT2D eigenvalue weighted by Gasteiger charge is 2.32. The van der Waals surface area contributed by atoms with Crippen LogP contribution in [-0.4, -0.2) is 73.1 Å². The first-order chi connectivity index (χ1) is 22.9. The van der Waals surface area contributed by atoms with Crippen LogP contribution in [0.2, 0.25) is 0 Å². The highest BCUT2D eigenvalue weighted by Crippen LogP contribution is 2.32. The number of hydrogen-bond donors (Lipinski definition) is 2. The van der Waals surface area contributed by atoms with E-state index in [1.165, 1.54) is 16.7 Å². The smallest absolute Gasteiger partial charge is 0.266 e. The molecule has 4 aromatic rings. The van der Waals surface area contributed by atoms with Gasteiger partial charge in [0.05, 0.1) is 17.7 Å². The zero-order valence-electron chi connectivity index (χ0n) is 27.9. The van der Waals surface area contributed by atoms with Crippen LogP contribution in [0.25, 0.3) is 0 Å². The second-order valence-electron chi connectivity index (χ2n) is 13.5. The molecule has 0 aliphatic carbocycles. The number of nitrogens with zero attached hydrogens (tertiary/aromatic N) is 2. The van der Waals surface area contributed by atoms with Crippen molar-refractivity contribution in [3.05, 3.63) is 143 Å². The number of nitrogens with one attached hydrogen (secondary N) is 1. The normalized spacial score (nSPS) is 14.9. The monoisotopic (exact) mass is 667 g/mol. The van der Waals surface area contributed by atoms with Crippen molar-refractivity contribution in [2.45, 2.75) is 44.6 Å². The largest absolute Gasteiger partial charge is 0.351 e. The Balaban J connectivity index is 1.33. The lowest BCUT2D eigenvalue weighted by molar-refractivity contribution is -0.134. The fourth-order valence-corrected chi connectivity index (χ4v) is 6.65. The van der Waals surface area contributed by atoms with Crippen molar-refractivity contribution in [1.29, 1.82) is 0 Å². The van der Waals surface area contributed by atoms with Crippen LogP contribution in [0.4, 0.5) is 0 Å². The van der Waals surface area contributed by atoms with E-state index in [9.17, 15) is 18.0 Å². The van der Waals surface area contributed by atoms with E-state index in [1.807, 2.05) is 29.2 Å². The molecule has 48 heavy (non-hydrogen) atoms. The van der Waals surface area contributed by atoms with E-state index in [1.54, 1.807) is 12.1 Å². The SMILES string of the molecule is CC(C)(C)c1ccc(C(Cc2ccc(C(=O)NCCS(=O)(=O)O)cc2)C(=O)N2CCN(C(c3ccccc3)c3ccccc3)CC2)cc1. The Labute approximate surface area is 284 Å². The summed E-state index contributed by atoms with van der Waals surface area (Å²) in [6.07, 6.45) is 0.467. The summed E-state index contributed by atoms with van der Waals surface area (Å²) < 4.78 is 30.9. The van der Waals surface area contributed by atoms with Gasteiger partial charge >= 0.3 is 0 Å². The molecular weight excluding hydrogens is 623 g/mol. The second-order valence-corrected chi connectivity index (χ2v) is 15.0. The fraction of sp³-hybridized carbons (Fsp3) is 0.333. The van der Waals surface area contributed by atoms with Crippen LogP contribution < -0.4 is 5.32 Å². The van der Waals surface area contributed by atoms with Crippen LogP contribution in [0.5, 0.6) is 0 Å². The van der Waals surface area contributed by atoms with Crippen molar-refractivity contribution in [2.75, 3.05) is 38.5 Å². The third-order valence-electron chi connectivity index (χ3n) is 9.00. The average Bonchev–Trinajstić information content (AvgIpc) is 3.08. The Bertz CT molecular complexity index is 1720. The van der Waals surface area contributed by atoms with Crippen molar-refractivity contribution >= 4 is 21.9 Å². The Hall–Kier alpha value is -4.31. The van der Waals surface area contributed by atoms with Crippen molar-refractivity contribution in [3.63, 3.8) is 0 Å². The highest BCUT2D eigenvalue weighted by molar-refractivity contribution is 7.85. The molecule has 0 aromatic heterocycles. The van der Waals surface area contributed by atoms with Gasteiger partial charge in [0.1, 0.15) is 0 Å². The highest BCUT2D eigenvalue weighted by atomic mass is 32.2. The van der Waals surface area contributed by atoms with Gasteiger partial charge in [0, 0.05) is 38.3 Å². The average molecular weight is 668 g/mol. The van der Waals surface area contributed by atoms with Gasteiger partial charge in [-0.1, -0.05) is 118 Å². The van der Waals surface area contributed by atoms with Gasteiger partial charge in [-0.25, -0.2) is 0 Å². The minimum Gasteiger partial charge on any atom is -0.351 e. The molecule has 2 N–H and O–H groups in total. The third kappa shape index (κ3) is 9.18. The van der Waals surface area contributed by atoms with Crippen LogP contribution >= 0.6 is 0 Å². The molecule has 0 radical (unpaired) electrons. The van der Waals surface area contributed by atoms with Crippen LogP contribution in [0.15, 0.2) is 109 Å². The Morgan fingerprint density at radius 1 is 0.750 bits per heavy atom. The number of hydrogen-bond acceptors (Lipinski definition) is 5. The van der Waals surface area contributed by atoms with E-state index < -0.39 is 27.7 Å². The number of piperazine rings is 1. The maximum Gasteiger partial charge on any atom is 0.266 e. The molecule has 1 aliphatic rings. The molecule has 8 nitrogen and oxygen atoms in total. The maximum atomic E-state index is 14.3. The predicted octanol–water partition coefficient (Wildman–Crippen LogP) is 5.86. The van der Waals surface area contributed by atoms with Crippen molar-refractivity contribution in [3.8, 4) is 0 Å². The van der Waals surface area contributed by atoms with Gasteiger partial charge in [-0.15, -0.1) is 0 Å². The minimum atomic E-state index is -4.16. The molecule has 9 heteroatoms. The summed E-state index contributed by atoms with van der Waals surface area (Å²) in [4.78, 5) is 31.3. The summed E-state index contributed by atoms with van der Waals surface area (Å²) in [5.74, 6) is -1.31. The molecule has 1 heterocycles. The second kappa shape index (κ2) is 15.3. The molecule has 0 bridgehead atoms. The summed E-state index contributed by atoms with van der Waals surface area (Å²) in [5.41, 5.74) is 5.88. The number of rotatable bonds is 11. The van der Waals surface area contributed by atoms with E-state index in [0.717, 1.165) is 24.2 Å². The van der Waals surface area contributed by atoms with Crippen molar-refractivity contribution in [2.24, 2.45) is 0 Å². The number of benzene rings is 4. The van der Waals surface area contributed by atoms with Crippen molar-refractivity contribution < 1.29 is 22.6 Å². The zero-order valence-corrected chi connectivity index (χ0v) is 28.7. The summed E-state index contributed by atoms with van der Waals surface area (Å²) in [5, 5.41) is 2.51. The molecule has 0 saturated carbocycles. The quantitative estimate of drug-likeness (QED) is 0.194. The molecule has 1 atom stereocenters. The first-order valence-corrected chi connectivity index (χ1v) is 18.1. The molecule has 0 spiro atoms. The Kier molecular flexibility index (Phi) is 11.1. The van der Waals surface area contributed by atoms with E-state index in [-0.39, 0.29) is 23.9 Å². The lowest BCUT2D eigenvalue weighted by Crippen LogP contribution is -2.51. The zero-order chi connectivity index (χ0) is 34.3. The van der Waals surface area contributed by atoms with E-state index in [4.69, 9.17) is 4.55 Å². The molecule has 1 saturated heterocycles. The molecule has 1 fully saturated rings. The molecular formula is C39H45N3O5S. The van der Waals surface area contributed by atoms with Gasteiger partial charge < -0.3 is 10.2 Å². The summed E-state index contributed by atoms with van der Waals surface area (Å²) >= 11 is 0. The Morgan fingerprint density at radius 2 is 1.29 bits per heavy atom. The standard InChI is InChI=1S/C39H45N3O5S/c1-39(2,3)34-20-18-30(19-21-34)35(28-29-14-16-33(17-15-29)37(43)40-22-27-48(45,46)47)38(44)42-25-23-41(24-26-42)36(31-10-6-4-7-11-31)32-12-8-5-9-13-32/h4-21,35-36H,22-28H2,1-3H3,(H,40,43)(H,45,46,47). The van der Waals surface area contributed by atoms with Gasteiger partial charge in [-0.3, -0.25) is 19.0 Å². The van der Waals surface area contributed by atoms with Crippen LogP contribution in [-0.2, 0) is 26.7 Å². The molecule has 1 unspecified atom stereocenters. The lowest BCUT2D eigenvalue weighted by atomic mass is 9.84. The molecule has 252 valence electrons. The van der Waals surface area contributed by atoms with Crippen molar-refractivity contribution in [1.82, 2.24) is 15.1 Å². The first kappa shape index (κ1) is 35.0. The lowest BCUT2D eigenvalue weighted by Gasteiger charge is -2.41. The van der Waals surface area contributed by atoms with Gasteiger partial charge in [0.2, 0.25) is 5.91 Å². The van der Waals surface area contributed by atoms with Crippen LogP contribution in [0.3, 0.4) is 0 Å². The van der Waals surface area contributed by atoms with Gasteiger partial charge in [0.15, 0.2) is 0 Å². The number of carbonyl (C=O) groups excluding carboxylic acids is 2. The van der Waals surface area contributed by atoms with E-state index in [2.05, 4.69) is 104 Å². The predicted molar refractivity (Wildman–Crippen MR) is 190 cm³/mol. The summed E-state index contributed by atoms with van der Waals surface area (Å²) in [6.45, 7) is 9.05. The molecule has 1 aliphatic heterocycles. The third-order valence-corrected chi connectivity index (χ3v) is 9.72. The van der Waals surface area contributed by atoms with E-state index in [0.29, 0.717) is 25.1 Å². The van der Waals surface area contributed by atoms with E-state index >= 15 is 0 Å². The summed E-state index contributed by atoms with van der Waals surface area (Å²) in [7, 11) is -4.16. The van der Waals surface area contributed by atoms with Crippen LogP contribution in [0.1, 0.15) is 70.9 Å². The molecule has 5 rings (SSSR count). The Morgan fingerprint density at radius 3 is 1.79 bits per heavy atom. The molecule has 2 amide bonds. The summed E-state index contributed by atoms with van der Waals surface area (Å²) in [6, 6.07) is 36.5. The fourth-order valence-electron chi connectivity index (χ4n) is 6.29. The van der Waals surface area contributed by atoms with Gasteiger partial charge in [0.25, 0.3) is 16.0 Å². The van der Waals surface area contributed by atoms with Gasteiger partial charge in [-0.05, 0) is 51.8 Å². The number of amides is 2. The molecule has 4 aromatic carbocycles.